The Labute approximate surface area is 163 Å². The number of carbonyl (C=O) groups excluding carboxylic acids is 2. The molecule has 8 nitrogen and oxygen atoms in total. The number of likely N-dealkylation sites (N-methyl/N-ethyl adjacent to an activating group) is 1. The van der Waals surface area contributed by atoms with Gasteiger partial charge >= 0.3 is 0 Å². The summed E-state index contributed by atoms with van der Waals surface area (Å²) in [6, 6.07) is 14.6. The van der Waals surface area contributed by atoms with Crippen molar-refractivity contribution in [1.82, 2.24) is 5.43 Å². The second-order valence-corrected chi connectivity index (χ2v) is 6.27. The Morgan fingerprint density at radius 1 is 1.29 bits per heavy atom. The highest BCUT2D eigenvalue weighted by Crippen LogP contribution is 2.31. The largest absolute Gasteiger partial charge is 0.482 e. The van der Waals surface area contributed by atoms with Gasteiger partial charge < -0.3 is 14.7 Å². The van der Waals surface area contributed by atoms with Gasteiger partial charge in [-0.3, -0.25) is 14.5 Å². The molecule has 2 aromatic rings. The minimum Gasteiger partial charge on any atom is -0.482 e. The first kappa shape index (κ1) is 19.4. The van der Waals surface area contributed by atoms with E-state index in [1.807, 2.05) is 42.3 Å². The van der Waals surface area contributed by atoms with Crippen LogP contribution >= 0.6 is 0 Å². The maximum absolute atomic E-state index is 12.2. The zero-order valence-corrected chi connectivity index (χ0v) is 15.5. The average Bonchev–Trinajstić information content (AvgIpc) is 2.71. The zero-order valence-electron chi connectivity index (χ0n) is 15.5. The molecular formula is C20H22N4O4. The van der Waals surface area contributed by atoms with Crippen LogP contribution in [0.4, 0.5) is 11.4 Å². The molecule has 0 saturated heterocycles. The standard InChI is InChI=1S/C20H22N4O4/c1-23(10-11-25)16-8-6-15(7-9-16)12-21-22-19(26)13-24-17-4-2-3-5-18(17)28-14-20(24)27/h2-9,12,25H,10-11,13-14H2,1H3,(H,22,26)/b21-12-. The third-order valence-corrected chi connectivity index (χ3v) is 4.28. The Hall–Kier alpha value is -3.39. The van der Waals surface area contributed by atoms with Crippen LogP contribution < -0.4 is 20.0 Å². The lowest BCUT2D eigenvalue weighted by molar-refractivity contribution is -0.125. The number of hydrogen-bond donors (Lipinski definition) is 2. The van der Waals surface area contributed by atoms with Crippen LogP contribution in [-0.2, 0) is 9.59 Å². The van der Waals surface area contributed by atoms with E-state index < -0.39 is 5.91 Å². The molecule has 0 aliphatic carbocycles. The second kappa shape index (κ2) is 9.01. The first-order valence-electron chi connectivity index (χ1n) is 8.84. The summed E-state index contributed by atoms with van der Waals surface area (Å²) < 4.78 is 5.36. The Bertz CT molecular complexity index is 867. The van der Waals surface area contributed by atoms with Crippen LogP contribution in [0.5, 0.6) is 5.75 Å². The molecule has 0 radical (unpaired) electrons. The molecule has 1 aliphatic heterocycles. The summed E-state index contributed by atoms with van der Waals surface area (Å²) in [5, 5.41) is 12.9. The van der Waals surface area contributed by atoms with Crippen LogP contribution in [0.25, 0.3) is 0 Å². The molecular weight excluding hydrogens is 360 g/mol. The topological polar surface area (TPSA) is 94.5 Å². The van der Waals surface area contributed by atoms with Crippen molar-refractivity contribution in [3.8, 4) is 5.75 Å². The molecule has 0 aromatic heterocycles. The van der Waals surface area contributed by atoms with E-state index in [-0.39, 0.29) is 25.7 Å². The number of hydrazone groups is 1. The molecule has 1 aliphatic rings. The van der Waals surface area contributed by atoms with Crippen LogP contribution in [0.2, 0.25) is 0 Å². The third kappa shape index (κ3) is 4.66. The van der Waals surface area contributed by atoms with Crippen molar-refractivity contribution in [1.29, 1.82) is 0 Å². The summed E-state index contributed by atoms with van der Waals surface area (Å²) >= 11 is 0. The van der Waals surface area contributed by atoms with Crippen LogP contribution in [0.15, 0.2) is 53.6 Å². The van der Waals surface area contributed by atoms with Crippen molar-refractivity contribution in [3.63, 3.8) is 0 Å². The normalized spacial score (nSPS) is 13.2. The number of ether oxygens (including phenoxy) is 1. The molecule has 0 fully saturated rings. The number of benzene rings is 2. The number of para-hydroxylation sites is 2. The van der Waals surface area contributed by atoms with Gasteiger partial charge in [-0.1, -0.05) is 24.3 Å². The van der Waals surface area contributed by atoms with Gasteiger partial charge in [-0.25, -0.2) is 5.43 Å². The van der Waals surface area contributed by atoms with E-state index in [0.29, 0.717) is 18.0 Å². The summed E-state index contributed by atoms with van der Waals surface area (Å²) in [6.45, 7) is 0.404. The smallest absolute Gasteiger partial charge is 0.265 e. The van der Waals surface area contributed by atoms with Crippen molar-refractivity contribution < 1.29 is 19.4 Å². The molecule has 3 rings (SSSR count). The third-order valence-electron chi connectivity index (χ3n) is 4.28. The molecule has 0 bridgehead atoms. The SMILES string of the molecule is CN(CCO)c1ccc(/C=N\NC(=O)CN2C(=O)COc3ccccc32)cc1. The number of aliphatic hydroxyl groups excluding tert-OH is 1. The van der Waals surface area contributed by atoms with Crippen LogP contribution in [0, 0.1) is 0 Å². The average molecular weight is 382 g/mol. The number of anilines is 2. The maximum Gasteiger partial charge on any atom is 0.265 e. The highest BCUT2D eigenvalue weighted by Gasteiger charge is 2.26. The number of hydrogen-bond acceptors (Lipinski definition) is 6. The molecule has 0 unspecified atom stereocenters. The van der Waals surface area contributed by atoms with Gasteiger partial charge in [0.1, 0.15) is 12.3 Å². The Morgan fingerprint density at radius 3 is 2.79 bits per heavy atom. The van der Waals surface area contributed by atoms with E-state index in [1.54, 1.807) is 18.2 Å². The van der Waals surface area contributed by atoms with Gasteiger partial charge in [0.15, 0.2) is 6.61 Å². The van der Waals surface area contributed by atoms with Gasteiger partial charge in [0.05, 0.1) is 18.5 Å². The quantitative estimate of drug-likeness (QED) is 0.550. The van der Waals surface area contributed by atoms with Crippen molar-refractivity contribution >= 4 is 29.4 Å². The molecule has 2 amide bonds. The molecule has 0 saturated carbocycles. The van der Waals surface area contributed by atoms with Crippen molar-refractivity contribution in [2.24, 2.45) is 5.10 Å². The number of fused-ring (bicyclic) bond motifs is 1. The summed E-state index contributed by atoms with van der Waals surface area (Å²) in [5.41, 5.74) is 4.80. The number of carbonyl (C=O) groups is 2. The van der Waals surface area contributed by atoms with Crippen molar-refractivity contribution in [2.45, 2.75) is 0 Å². The molecule has 28 heavy (non-hydrogen) atoms. The van der Waals surface area contributed by atoms with Gasteiger partial charge in [-0.15, -0.1) is 0 Å². The molecule has 0 spiro atoms. The van der Waals surface area contributed by atoms with Crippen LogP contribution in [0.1, 0.15) is 5.56 Å². The highest BCUT2D eigenvalue weighted by molar-refractivity contribution is 6.02. The number of nitrogens with one attached hydrogen (secondary N) is 1. The summed E-state index contributed by atoms with van der Waals surface area (Å²) in [6.07, 6.45) is 1.53. The lowest BCUT2D eigenvalue weighted by Gasteiger charge is -2.28. The van der Waals surface area contributed by atoms with Gasteiger partial charge in [0, 0.05) is 19.3 Å². The van der Waals surface area contributed by atoms with E-state index in [1.165, 1.54) is 11.1 Å². The zero-order chi connectivity index (χ0) is 19.9. The molecule has 2 aromatic carbocycles. The minimum atomic E-state index is -0.402. The first-order chi connectivity index (χ1) is 13.6. The fourth-order valence-corrected chi connectivity index (χ4v) is 2.78. The first-order valence-corrected chi connectivity index (χ1v) is 8.84. The van der Waals surface area contributed by atoms with Crippen LogP contribution in [0.3, 0.4) is 0 Å². The molecule has 8 heteroatoms. The summed E-state index contributed by atoms with van der Waals surface area (Å²) in [4.78, 5) is 27.6. The predicted molar refractivity (Wildman–Crippen MR) is 107 cm³/mol. The van der Waals surface area contributed by atoms with E-state index in [0.717, 1.165) is 11.3 Å². The number of amides is 2. The Balaban J connectivity index is 1.56. The fourth-order valence-electron chi connectivity index (χ4n) is 2.78. The lowest BCUT2D eigenvalue weighted by Crippen LogP contribution is -2.44. The summed E-state index contributed by atoms with van der Waals surface area (Å²) in [5.74, 6) is -0.106. The molecule has 2 N–H and O–H groups in total. The maximum atomic E-state index is 12.2. The monoisotopic (exact) mass is 382 g/mol. The molecule has 146 valence electrons. The number of rotatable bonds is 7. The van der Waals surface area contributed by atoms with Gasteiger partial charge in [0.25, 0.3) is 11.8 Å². The summed E-state index contributed by atoms with van der Waals surface area (Å²) in [7, 11) is 1.89. The van der Waals surface area contributed by atoms with Gasteiger partial charge in [-0.05, 0) is 29.8 Å². The van der Waals surface area contributed by atoms with E-state index in [4.69, 9.17) is 9.84 Å². The fraction of sp³-hybridized carbons (Fsp3) is 0.250. The van der Waals surface area contributed by atoms with E-state index in [2.05, 4.69) is 10.5 Å². The lowest BCUT2D eigenvalue weighted by atomic mass is 10.2. The number of aliphatic hydroxyl groups is 1. The van der Waals surface area contributed by atoms with Gasteiger partial charge in [0.2, 0.25) is 0 Å². The predicted octanol–water partition coefficient (Wildman–Crippen LogP) is 0.991. The minimum absolute atomic E-state index is 0.0852. The van der Waals surface area contributed by atoms with Crippen molar-refractivity contribution in [3.05, 3.63) is 54.1 Å². The van der Waals surface area contributed by atoms with Crippen molar-refractivity contribution in [2.75, 3.05) is 43.2 Å². The number of nitrogens with zero attached hydrogens (tertiary/aromatic N) is 3. The highest BCUT2D eigenvalue weighted by atomic mass is 16.5. The van der Waals surface area contributed by atoms with Gasteiger partial charge in [-0.2, -0.15) is 5.10 Å². The Kier molecular flexibility index (Phi) is 6.23. The van der Waals surface area contributed by atoms with E-state index in [9.17, 15) is 9.59 Å². The van der Waals surface area contributed by atoms with Crippen LogP contribution in [-0.4, -0.2) is 56.5 Å². The Morgan fingerprint density at radius 2 is 2.04 bits per heavy atom. The molecule has 0 atom stereocenters. The second-order valence-electron chi connectivity index (χ2n) is 6.27. The molecule has 1 heterocycles. The van der Waals surface area contributed by atoms with E-state index >= 15 is 0 Å².